The zero-order chi connectivity index (χ0) is 9.56. The lowest BCUT2D eigenvalue weighted by Crippen LogP contribution is -2.12. The molecule has 0 aromatic rings. The van der Waals surface area contributed by atoms with E-state index in [1.54, 1.807) is 0 Å². The van der Waals surface area contributed by atoms with Crippen LogP contribution in [0.3, 0.4) is 0 Å². The molecule has 74 valence electrons. The lowest BCUT2D eigenvalue weighted by Gasteiger charge is -2.16. The molecule has 3 atom stereocenters. The highest BCUT2D eigenvalue weighted by molar-refractivity contribution is 6.28. The molecule has 0 fully saturated rings. The van der Waals surface area contributed by atoms with Crippen molar-refractivity contribution in [1.29, 1.82) is 0 Å². The van der Waals surface area contributed by atoms with Crippen LogP contribution in [-0.4, -0.2) is 23.0 Å². The highest BCUT2D eigenvalue weighted by atomic mass is 35.5. The maximum Gasteiger partial charge on any atom is 0.0474 e. The molecule has 0 aliphatic heterocycles. The van der Waals surface area contributed by atoms with Gasteiger partial charge in [0.2, 0.25) is 0 Å². The van der Waals surface area contributed by atoms with Crippen LogP contribution < -0.4 is 0 Å². The van der Waals surface area contributed by atoms with Crippen LogP contribution in [0.25, 0.3) is 0 Å². The largest absolute Gasteiger partial charge is 0.396 e. The summed E-state index contributed by atoms with van der Waals surface area (Å²) in [4.78, 5) is 0. The number of alkyl halides is 2. The maximum atomic E-state index is 8.82. The highest BCUT2D eigenvalue weighted by Gasteiger charge is 2.12. The summed E-state index contributed by atoms with van der Waals surface area (Å²) in [6, 6.07) is 0. The van der Waals surface area contributed by atoms with E-state index in [0.29, 0.717) is 17.7 Å². The fourth-order valence-corrected chi connectivity index (χ4v) is 1.79. The van der Waals surface area contributed by atoms with Crippen molar-refractivity contribution in [3.8, 4) is 0 Å². The lowest BCUT2D eigenvalue weighted by molar-refractivity contribution is 0.213. The van der Waals surface area contributed by atoms with E-state index < -0.39 is 0 Å². The Bertz CT molecular complexity index is 96.7. The third-order valence-electron chi connectivity index (χ3n) is 1.94. The third-order valence-corrected chi connectivity index (χ3v) is 2.80. The Morgan fingerprint density at radius 3 is 2.17 bits per heavy atom. The number of aliphatic hydroxyl groups is 1. The van der Waals surface area contributed by atoms with Gasteiger partial charge in [0, 0.05) is 17.9 Å². The van der Waals surface area contributed by atoms with E-state index in [0.717, 1.165) is 12.8 Å². The number of aliphatic hydroxyl groups excluding tert-OH is 1. The number of rotatable bonds is 6. The third kappa shape index (κ3) is 6.10. The van der Waals surface area contributed by atoms with Crippen molar-refractivity contribution < 1.29 is 5.11 Å². The van der Waals surface area contributed by atoms with Crippen molar-refractivity contribution in [2.75, 3.05) is 12.5 Å². The zero-order valence-electron chi connectivity index (χ0n) is 7.76. The Kier molecular flexibility index (Phi) is 7.31. The van der Waals surface area contributed by atoms with Gasteiger partial charge in [-0.25, -0.2) is 0 Å². The van der Waals surface area contributed by atoms with Crippen LogP contribution in [0.4, 0.5) is 0 Å². The molecular weight excluding hydrogens is 195 g/mol. The van der Waals surface area contributed by atoms with Crippen molar-refractivity contribution in [3.05, 3.63) is 0 Å². The van der Waals surface area contributed by atoms with Gasteiger partial charge in [0.25, 0.3) is 0 Å². The van der Waals surface area contributed by atoms with Crippen LogP contribution in [0.15, 0.2) is 0 Å². The first-order valence-corrected chi connectivity index (χ1v) is 5.38. The van der Waals surface area contributed by atoms with Crippen LogP contribution in [0, 0.1) is 11.8 Å². The summed E-state index contributed by atoms with van der Waals surface area (Å²) in [5.41, 5.74) is 0. The maximum absolute atomic E-state index is 8.82. The van der Waals surface area contributed by atoms with E-state index in [2.05, 4.69) is 6.92 Å². The van der Waals surface area contributed by atoms with Crippen LogP contribution in [0.5, 0.6) is 0 Å². The number of hydrogen-bond acceptors (Lipinski definition) is 1. The van der Waals surface area contributed by atoms with E-state index in [9.17, 15) is 0 Å². The molecule has 3 unspecified atom stereocenters. The Hall–Kier alpha value is 0.540. The molecule has 0 radical (unpaired) electrons. The molecule has 0 bridgehead atoms. The van der Waals surface area contributed by atoms with Crippen molar-refractivity contribution in [2.45, 2.75) is 32.1 Å². The molecule has 0 spiro atoms. The summed E-state index contributed by atoms with van der Waals surface area (Å²) in [6.07, 6.45) is 1.96. The van der Waals surface area contributed by atoms with Crippen molar-refractivity contribution in [2.24, 2.45) is 11.8 Å². The van der Waals surface area contributed by atoms with Crippen LogP contribution >= 0.6 is 23.2 Å². The van der Waals surface area contributed by atoms with Gasteiger partial charge in [0.1, 0.15) is 0 Å². The van der Waals surface area contributed by atoms with Gasteiger partial charge in [0.05, 0.1) is 0 Å². The normalized spacial score (nSPS) is 18.8. The predicted molar refractivity (Wildman–Crippen MR) is 55.0 cm³/mol. The SMILES string of the molecule is CC(CO)CC(C)CC(Cl)CCl. The predicted octanol–water partition coefficient (Wildman–Crippen LogP) is 2.88. The Morgan fingerprint density at radius 1 is 1.17 bits per heavy atom. The molecule has 0 aromatic carbocycles. The molecular formula is C9H18Cl2O. The van der Waals surface area contributed by atoms with E-state index in [1.807, 2.05) is 6.92 Å². The van der Waals surface area contributed by atoms with Crippen LogP contribution in [0.2, 0.25) is 0 Å². The summed E-state index contributed by atoms with van der Waals surface area (Å²) >= 11 is 11.5. The van der Waals surface area contributed by atoms with E-state index in [-0.39, 0.29) is 12.0 Å². The summed E-state index contributed by atoms with van der Waals surface area (Å²) in [6.45, 7) is 4.45. The van der Waals surface area contributed by atoms with Gasteiger partial charge in [0.15, 0.2) is 0 Å². The Morgan fingerprint density at radius 2 is 1.75 bits per heavy atom. The highest BCUT2D eigenvalue weighted by Crippen LogP contribution is 2.19. The Balaban J connectivity index is 3.51. The molecule has 3 heteroatoms. The fraction of sp³-hybridized carbons (Fsp3) is 1.00. The summed E-state index contributed by atoms with van der Waals surface area (Å²) in [7, 11) is 0. The zero-order valence-corrected chi connectivity index (χ0v) is 9.28. The van der Waals surface area contributed by atoms with Crippen molar-refractivity contribution in [1.82, 2.24) is 0 Å². The van der Waals surface area contributed by atoms with Gasteiger partial charge in [-0.1, -0.05) is 13.8 Å². The average Bonchev–Trinajstić information content (AvgIpc) is 2.03. The van der Waals surface area contributed by atoms with Crippen molar-refractivity contribution in [3.63, 3.8) is 0 Å². The smallest absolute Gasteiger partial charge is 0.0474 e. The first-order chi connectivity index (χ1) is 5.60. The molecule has 1 nitrogen and oxygen atoms in total. The van der Waals surface area contributed by atoms with Crippen LogP contribution in [-0.2, 0) is 0 Å². The summed E-state index contributed by atoms with van der Waals surface area (Å²) in [5.74, 6) is 1.44. The first kappa shape index (κ1) is 12.5. The molecule has 0 rings (SSSR count). The minimum atomic E-state index is 0.0764. The minimum Gasteiger partial charge on any atom is -0.396 e. The summed E-state index contributed by atoms with van der Waals surface area (Å²) < 4.78 is 0. The Labute approximate surface area is 85.1 Å². The van der Waals surface area contributed by atoms with Crippen LogP contribution in [0.1, 0.15) is 26.7 Å². The molecule has 0 saturated carbocycles. The second-order valence-corrected chi connectivity index (χ2v) is 4.54. The van der Waals surface area contributed by atoms with E-state index in [4.69, 9.17) is 28.3 Å². The fourth-order valence-electron chi connectivity index (χ4n) is 1.36. The molecule has 0 aliphatic rings. The molecule has 1 N–H and O–H groups in total. The quantitative estimate of drug-likeness (QED) is 0.672. The monoisotopic (exact) mass is 212 g/mol. The van der Waals surface area contributed by atoms with Gasteiger partial charge in [-0.15, -0.1) is 23.2 Å². The summed E-state index contributed by atoms with van der Waals surface area (Å²) in [5, 5.41) is 8.89. The number of hydrogen-bond donors (Lipinski definition) is 1. The van der Waals surface area contributed by atoms with Crippen molar-refractivity contribution >= 4 is 23.2 Å². The second-order valence-electron chi connectivity index (χ2n) is 3.62. The standard InChI is InChI=1S/C9H18Cl2O/c1-7(3-8(2)6-12)4-9(11)5-10/h7-9,12H,3-6H2,1-2H3. The van der Waals surface area contributed by atoms with E-state index in [1.165, 1.54) is 0 Å². The van der Waals surface area contributed by atoms with Gasteiger partial charge < -0.3 is 5.11 Å². The van der Waals surface area contributed by atoms with Gasteiger partial charge in [-0.05, 0) is 24.7 Å². The first-order valence-electron chi connectivity index (χ1n) is 4.41. The lowest BCUT2D eigenvalue weighted by atomic mass is 9.94. The van der Waals surface area contributed by atoms with Gasteiger partial charge >= 0.3 is 0 Å². The van der Waals surface area contributed by atoms with E-state index >= 15 is 0 Å². The average molecular weight is 213 g/mol. The van der Waals surface area contributed by atoms with Gasteiger partial charge in [-0.2, -0.15) is 0 Å². The molecule has 12 heavy (non-hydrogen) atoms. The topological polar surface area (TPSA) is 20.2 Å². The second kappa shape index (κ2) is 6.99. The molecule has 0 saturated heterocycles. The molecule has 0 aliphatic carbocycles. The van der Waals surface area contributed by atoms with Gasteiger partial charge in [-0.3, -0.25) is 0 Å². The number of halogens is 2. The molecule has 0 aromatic heterocycles. The molecule has 0 heterocycles. The minimum absolute atomic E-state index is 0.0764. The molecule has 0 amide bonds.